The fourth-order valence-corrected chi connectivity index (χ4v) is 2.20. The van der Waals surface area contributed by atoms with E-state index in [2.05, 4.69) is 38.2 Å². The number of aromatic amines is 2. The van der Waals surface area contributed by atoms with Crippen LogP contribution in [0.15, 0.2) is 26.8 Å². The van der Waals surface area contributed by atoms with Crippen LogP contribution in [-0.4, -0.2) is 33.3 Å². The van der Waals surface area contributed by atoms with Gasteiger partial charge >= 0.3 is 5.69 Å². The van der Waals surface area contributed by atoms with Gasteiger partial charge in [-0.1, -0.05) is 19.1 Å². The van der Waals surface area contributed by atoms with Gasteiger partial charge in [-0.05, 0) is 31.6 Å². The number of carbonyl (C=O) groups excluding carboxylic acids is 1. The Balaban J connectivity index is 1.92. The van der Waals surface area contributed by atoms with E-state index in [9.17, 15) is 14.4 Å². The minimum absolute atomic E-state index is 0.118. The highest BCUT2D eigenvalue weighted by Gasteiger charge is 2.18. The van der Waals surface area contributed by atoms with E-state index in [-0.39, 0.29) is 11.7 Å². The number of allylic oxidation sites excluding steroid dienone is 2. The molecule has 1 aromatic rings. The number of amides is 1. The van der Waals surface area contributed by atoms with E-state index in [0.29, 0.717) is 12.3 Å². The van der Waals surface area contributed by atoms with Crippen molar-refractivity contribution in [1.29, 1.82) is 0 Å². The van der Waals surface area contributed by atoms with Crippen molar-refractivity contribution >= 4 is 17.9 Å². The molecule has 4 N–H and O–H groups in total. The van der Waals surface area contributed by atoms with E-state index in [0.717, 1.165) is 19.3 Å². The molecule has 0 saturated carbocycles. The van der Waals surface area contributed by atoms with Crippen LogP contribution in [0.2, 0.25) is 0 Å². The molecular formula is C14H20N6O3. The molecular weight excluding hydrogens is 300 g/mol. The van der Waals surface area contributed by atoms with Gasteiger partial charge in [0.15, 0.2) is 0 Å². The minimum atomic E-state index is -0.704. The van der Waals surface area contributed by atoms with Crippen LogP contribution < -0.4 is 22.0 Å². The number of anilines is 1. The number of hydrazone groups is 1. The molecule has 0 aromatic carbocycles. The second kappa shape index (κ2) is 8.06. The Kier molecular flexibility index (Phi) is 5.84. The number of hydrogen-bond donors (Lipinski definition) is 4. The highest BCUT2D eigenvalue weighted by atomic mass is 16.2. The second-order valence-electron chi connectivity index (χ2n) is 5.26. The summed E-state index contributed by atoms with van der Waals surface area (Å²) >= 11 is 0. The molecule has 2 atom stereocenters. The molecule has 1 aliphatic carbocycles. The van der Waals surface area contributed by atoms with Crippen molar-refractivity contribution in [1.82, 2.24) is 20.6 Å². The van der Waals surface area contributed by atoms with E-state index in [1.807, 2.05) is 4.98 Å². The quantitative estimate of drug-likeness (QED) is 0.335. The van der Waals surface area contributed by atoms with Crippen molar-refractivity contribution in [2.45, 2.75) is 38.6 Å². The first-order valence-electron chi connectivity index (χ1n) is 7.53. The molecule has 0 unspecified atom stereocenters. The van der Waals surface area contributed by atoms with Gasteiger partial charge in [0.25, 0.3) is 11.5 Å². The van der Waals surface area contributed by atoms with Crippen LogP contribution in [0.5, 0.6) is 0 Å². The van der Waals surface area contributed by atoms with Crippen LogP contribution >= 0.6 is 0 Å². The molecule has 0 aliphatic heterocycles. The zero-order valence-corrected chi connectivity index (χ0v) is 12.8. The standard InChI is InChI=1S/C14H20N6O3/c1-2-10(16-11-13(22)17-14(23)20-18-11)12(21)19-15-8-9-6-4-3-5-7-9/h3-4,8-10H,2,5-7H2,1H3,(H,16,18)(H,19,21)(H2,17,20,22,23)/b15-8-/t9-,10+/m1/s1. The lowest BCUT2D eigenvalue weighted by molar-refractivity contribution is -0.121. The third kappa shape index (κ3) is 4.90. The largest absolute Gasteiger partial charge is 0.352 e. The molecule has 0 saturated heterocycles. The Bertz CT molecular complexity index is 705. The van der Waals surface area contributed by atoms with Crippen LogP contribution in [0.25, 0.3) is 0 Å². The topological polar surface area (TPSA) is 132 Å². The maximum absolute atomic E-state index is 12.1. The second-order valence-corrected chi connectivity index (χ2v) is 5.26. The highest BCUT2D eigenvalue weighted by Crippen LogP contribution is 2.15. The maximum atomic E-state index is 12.1. The molecule has 1 aliphatic rings. The average Bonchev–Trinajstić information content (AvgIpc) is 2.55. The Morgan fingerprint density at radius 3 is 3.00 bits per heavy atom. The molecule has 0 spiro atoms. The molecule has 124 valence electrons. The first-order valence-corrected chi connectivity index (χ1v) is 7.53. The Morgan fingerprint density at radius 2 is 2.35 bits per heavy atom. The summed E-state index contributed by atoms with van der Waals surface area (Å²) in [6, 6.07) is -0.682. The van der Waals surface area contributed by atoms with Crippen molar-refractivity contribution in [3.63, 3.8) is 0 Å². The van der Waals surface area contributed by atoms with Crippen LogP contribution in [0, 0.1) is 5.92 Å². The molecule has 9 nitrogen and oxygen atoms in total. The monoisotopic (exact) mass is 320 g/mol. The first-order chi connectivity index (χ1) is 11.1. The Labute approximate surface area is 132 Å². The smallest absolute Gasteiger partial charge is 0.342 e. The zero-order valence-electron chi connectivity index (χ0n) is 12.8. The summed E-state index contributed by atoms with van der Waals surface area (Å²) < 4.78 is 0. The predicted octanol–water partition coefficient (Wildman–Crippen LogP) is 0.107. The Hall–Kier alpha value is -2.71. The van der Waals surface area contributed by atoms with Gasteiger partial charge in [0.2, 0.25) is 5.82 Å². The van der Waals surface area contributed by atoms with E-state index in [1.165, 1.54) is 0 Å². The van der Waals surface area contributed by atoms with Gasteiger partial charge < -0.3 is 5.32 Å². The fourth-order valence-electron chi connectivity index (χ4n) is 2.20. The van der Waals surface area contributed by atoms with Crippen molar-refractivity contribution < 1.29 is 4.79 Å². The molecule has 1 amide bonds. The summed E-state index contributed by atoms with van der Waals surface area (Å²) in [4.78, 5) is 36.6. The molecule has 9 heteroatoms. The van der Waals surface area contributed by atoms with Gasteiger partial charge in [-0.3, -0.25) is 14.6 Å². The van der Waals surface area contributed by atoms with Gasteiger partial charge in [0, 0.05) is 6.21 Å². The zero-order chi connectivity index (χ0) is 16.7. The lowest BCUT2D eigenvalue weighted by atomic mass is 9.96. The molecule has 2 rings (SSSR count). The molecule has 23 heavy (non-hydrogen) atoms. The van der Waals surface area contributed by atoms with Gasteiger partial charge in [0.1, 0.15) is 6.04 Å². The summed E-state index contributed by atoms with van der Waals surface area (Å²) in [7, 11) is 0. The maximum Gasteiger partial charge on any atom is 0.342 e. The lowest BCUT2D eigenvalue weighted by Gasteiger charge is -2.15. The van der Waals surface area contributed by atoms with Crippen molar-refractivity contribution in [3.05, 3.63) is 33.0 Å². The molecule has 0 fully saturated rings. The molecule has 0 bridgehead atoms. The summed E-state index contributed by atoms with van der Waals surface area (Å²) in [5.74, 6) is -0.160. The third-order valence-electron chi connectivity index (χ3n) is 3.52. The summed E-state index contributed by atoms with van der Waals surface area (Å²) in [5, 5.41) is 12.4. The van der Waals surface area contributed by atoms with Crippen LogP contribution in [-0.2, 0) is 4.79 Å². The SMILES string of the molecule is CC[C@H](Nc1n[nH]c(=O)[nH]c1=O)C(=O)N/N=C\[C@@H]1CC=CCC1. The Morgan fingerprint density at radius 1 is 1.52 bits per heavy atom. The first kappa shape index (κ1) is 16.7. The third-order valence-corrected chi connectivity index (χ3v) is 3.52. The van der Waals surface area contributed by atoms with E-state index in [1.54, 1.807) is 13.1 Å². The summed E-state index contributed by atoms with van der Waals surface area (Å²) in [6.07, 6.45) is 9.35. The van der Waals surface area contributed by atoms with Crippen molar-refractivity contribution in [2.24, 2.45) is 11.0 Å². The van der Waals surface area contributed by atoms with Crippen LogP contribution in [0.3, 0.4) is 0 Å². The normalized spacial score (nSPS) is 18.7. The van der Waals surface area contributed by atoms with Gasteiger partial charge in [0.05, 0.1) is 0 Å². The predicted molar refractivity (Wildman–Crippen MR) is 86.3 cm³/mol. The van der Waals surface area contributed by atoms with E-state index < -0.39 is 17.3 Å². The van der Waals surface area contributed by atoms with Gasteiger partial charge in [-0.15, -0.1) is 5.10 Å². The summed E-state index contributed by atoms with van der Waals surface area (Å²) in [6.45, 7) is 1.78. The number of aromatic nitrogens is 3. The highest BCUT2D eigenvalue weighted by molar-refractivity contribution is 5.84. The van der Waals surface area contributed by atoms with Gasteiger partial charge in [-0.25, -0.2) is 15.3 Å². The van der Waals surface area contributed by atoms with E-state index >= 15 is 0 Å². The number of H-pyrrole nitrogens is 2. The minimum Gasteiger partial charge on any atom is -0.352 e. The number of nitrogens with zero attached hydrogens (tertiary/aromatic N) is 2. The number of hydrogen-bond acceptors (Lipinski definition) is 6. The molecule has 1 aromatic heterocycles. The summed E-state index contributed by atoms with van der Waals surface area (Å²) in [5.41, 5.74) is 1.08. The average molecular weight is 320 g/mol. The van der Waals surface area contributed by atoms with Crippen molar-refractivity contribution in [2.75, 3.05) is 5.32 Å². The lowest BCUT2D eigenvalue weighted by Crippen LogP contribution is -2.39. The van der Waals surface area contributed by atoms with Crippen LogP contribution in [0.1, 0.15) is 32.6 Å². The van der Waals surface area contributed by atoms with Crippen molar-refractivity contribution in [3.8, 4) is 0 Å². The van der Waals surface area contributed by atoms with E-state index in [4.69, 9.17) is 0 Å². The number of rotatable bonds is 6. The number of carbonyl (C=O) groups is 1. The van der Waals surface area contributed by atoms with Gasteiger partial charge in [-0.2, -0.15) is 5.10 Å². The fraction of sp³-hybridized carbons (Fsp3) is 0.500. The molecule has 1 heterocycles. The van der Waals surface area contributed by atoms with Crippen LogP contribution in [0.4, 0.5) is 5.82 Å². The molecule has 0 radical (unpaired) electrons. The number of nitrogens with one attached hydrogen (secondary N) is 4.